The monoisotopic (exact) mass is 523 g/mol. The molecule has 0 bridgehead atoms. The van der Waals surface area contributed by atoms with E-state index >= 15 is 0 Å². The third-order valence-electron chi connectivity index (χ3n) is 4.90. The molecule has 10 nitrogen and oxygen atoms in total. The summed E-state index contributed by atoms with van der Waals surface area (Å²) in [6.45, 7) is 1.94. The zero-order valence-electron chi connectivity index (χ0n) is 20.5. The number of carboxylic acids is 1. The van der Waals surface area contributed by atoms with Gasteiger partial charge < -0.3 is 29.4 Å². The predicted octanol–water partition coefficient (Wildman–Crippen LogP) is 3.59. The fourth-order valence-electron chi connectivity index (χ4n) is 3.01. The molecule has 0 fully saturated rings. The van der Waals surface area contributed by atoms with Crippen molar-refractivity contribution in [3.05, 3.63) is 60.7 Å². The molecule has 0 unspecified atom stereocenters. The Morgan fingerprint density at radius 1 is 1.03 bits per heavy atom. The van der Waals surface area contributed by atoms with E-state index in [1.54, 1.807) is 31.5 Å². The molecule has 0 aliphatic heterocycles. The van der Waals surface area contributed by atoms with Crippen LogP contribution in [-0.4, -0.2) is 83.1 Å². The van der Waals surface area contributed by atoms with Gasteiger partial charge in [-0.1, -0.05) is 18.2 Å². The zero-order valence-corrected chi connectivity index (χ0v) is 20.5. The first-order chi connectivity index (χ1) is 17.6. The molecule has 2 aromatic heterocycles. The predicted molar refractivity (Wildman–Crippen MR) is 130 cm³/mol. The van der Waals surface area contributed by atoms with Gasteiger partial charge in [-0.25, -0.2) is 14.8 Å². The lowest BCUT2D eigenvalue weighted by atomic mass is 10.2. The van der Waals surface area contributed by atoms with E-state index < -0.39 is 12.1 Å². The van der Waals surface area contributed by atoms with E-state index in [1.165, 1.54) is 0 Å². The second-order valence-electron chi connectivity index (χ2n) is 7.59. The van der Waals surface area contributed by atoms with Crippen LogP contribution in [0.25, 0.3) is 11.1 Å². The van der Waals surface area contributed by atoms with Gasteiger partial charge in [-0.2, -0.15) is 13.2 Å². The van der Waals surface area contributed by atoms with Crippen LogP contribution in [0, 0.1) is 0 Å². The van der Waals surface area contributed by atoms with E-state index in [0.29, 0.717) is 37.9 Å². The molecule has 0 radical (unpaired) electrons. The molecule has 3 rings (SSSR count). The minimum Gasteiger partial charge on any atom is -0.475 e. The summed E-state index contributed by atoms with van der Waals surface area (Å²) in [4.78, 5) is 32.4. The summed E-state index contributed by atoms with van der Waals surface area (Å²) in [6, 6.07) is 11.6. The van der Waals surface area contributed by atoms with Crippen LogP contribution in [0.15, 0.2) is 55.0 Å². The molecule has 200 valence electrons. The number of nitrogens with one attached hydrogen (secondary N) is 1. The number of carbonyl (C=O) groups excluding carboxylic acids is 1. The van der Waals surface area contributed by atoms with E-state index in [9.17, 15) is 18.0 Å². The number of carboxylic acid groups (broad SMARTS) is 1. The largest absolute Gasteiger partial charge is 0.490 e. The Morgan fingerprint density at radius 2 is 1.57 bits per heavy atom. The molecule has 3 aromatic rings. The third kappa shape index (κ3) is 9.20. The molecule has 0 saturated carbocycles. The summed E-state index contributed by atoms with van der Waals surface area (Å²) >= 11 is 0. The molecule has 0 aliphatic carbocycles. The van der Waals surface area contributed by atoms with Gasteiger partial charge in [-0.05, 0) is 18.2 Å². The van der Waals surface area contributed by atoms with Gasteiger partial charge in [0, 0.05) is 69.8 Å². The summed E-state index contributed by atoms with van der Waals surface area (Å²) < 4.78 is 43.8. The molecule has 13 heteroatoms. The van der Waals surface area contributed by atoms with Crippen molar-refractivity contribution in [3.8, 4) is 11.1 Å². The number of alkyl halides is 3. The highest BCUT2D eigenvalue weighted by Crippen LogP contribution is 2.22. The number of methoxy groups -OCH3 is 2. The van der Waals surface area contributed by atoms with Crippen LogP contribution >= 0.6 is 0 Å². The van der Waals surface area contributed by atoms with Gasteiger partial charge in [0.2, 0.25) is 5.95 Å². The minimum absolute atomic E-state index is 0.0684. The SMILES string of the molecule is COCCN(CCOC)C(=O)c1cc(-c2cnc(Nc3ccccc3)nc2)cn1C.O=C(O)C(F)(F)F. The standard InChI is InChI=1S/C22H27N5O3.C2HF3O2/c1-26-16-17(13-20(26)21(28)27(9-11-29-2)10-12-30-3)18-14-23-22(24-15-18)25-19-7-5-4-6-8-19;3-2(4,5)1(6)7/h4-8,13-16H,9-12H2,1-3H3,(H,23,24,25);(H,6,7). The normalized spacial score (nSPS) is 10.9. The minimum atomic E-state index is -5.08. The summed E-state index contributed by atoms with van der Waals surface area (Å²) in [5.74, 6) is -2.31. The number of amides is 1. The van der Waals surface area contributed by atoms with Crippen molar-refractivity contribution in [2.75, 3.05) is 45.8 Å². The lowest BCUT2D eigenvalue weighted by Crippen LogP contribution is -2.37. The number of carbonyl (C=O) groups is 2. The molecular weight excluding hydrogens is 495 g/mol. The maximum atomic E-state index is 13.0. The number of benzene rings is 1. The Hall–Kier alpha value is -3.97. The Bertz CT molecular complexity index is 1130. The Kier molecular flexibility index (Phi) is 11.0. The second-order valence-corrected chi connectivity index (χ2v) is 7.59. The highest BCUT2D eigenvalue weighted by atomic mass is 19.4. The fourth-order valence-corrected chi connectivity index (χ4v) is 3.01. The molecule has 1 amide bonds. The first kappa shape index (κ1) is 29.3. The maximum Gasteiger partial charge on any atom is 0.490 e. The van der Waals surface area contributed by atoms with Gasteiger partial charge in [0.15, 0.2) is 0 Å². The Morgan fingerprint density at radius 3 is 2.05 bits per heavy atom. The summed E-state index contributed by atoms with van der Waals surface area (Å²) in [6.07, 6.45) is 0.312. The number of hydrogen-bond donors (Lipinski definition) is 2. The van der Waals surface area contributed by atoms with Gasteiger partial charge in [0.25, 0.3) is 5.91 Å². The van der Waals surface area contributed by atoms with Crippen molar-refractivity contribution >= 4 is 23.5 Å². The number of nitrogens with zero attached hydrogens (tertiary/aromatic N) is 4. The van der Waals surface area contributed by atoms with Crippen molar-refractivity contribution < 1.29 is 37.3 Å². The van der Waals surface area contributed by atoms with Crippen LogP contribution in [0.5, 0.6) is 0 Å². The first-order valence-electron chi connectivity index (χ1n) is 10.9. The van der Waals surface area contributed by atoms with Crippen LogP contribution in [0.3, 0.4) is 0 Å². The average Bonchev–Trinajstić information content (AvgIpc) is 3.26. The van der Waals surface area contributed by atoms with Crippen molar-refractivity contribution in [1.29, 1.82) is 0 Å². The first-order valence-corrected chi connectivity index (χ1v) is 10.9. The highest BCUT2D eigenvalue weighted by molar-refractivity contribution is 5.94. The van der Waals surface area contributed by atoms with Crippen molar-refractivity contribution in [3.63, 3.8) is 0 Å². The molecule has 0 aliphatic rings. The van der Waals surface area contributed by atoms with Crippen molar-refractivity contribution in [2.45, 2.75) is 6.18 Å². The van der Waals surface area contributed by atoms with Gasteiger partial charge >= 0.3 is 12.1 Å². The van der Waals surface area contributed by atoms with Crippen LogP contribution < -0.4 is 5.32 Å². The van der Waals surface area contributed by atoms with E-state index in [-0.39, 0.29) is 5.91 Å². The number of halogens is 3. The lowest BCUT2D eigenvalue weighted by molar-refractivity contribution is -0.192. The number of hydrogen-bond acceptors (Lipinski definition) is 7. The summed E-state index contributed by atoms with van der Waals surface area (Å²) in [7, 11) is 5.10. The van der Waals surface area contributed by atoms with Crippen molar-refractivity contribution in [2.24, 2.45) is 7.05 Å². The van der Waals surface area contributed by atoms with Crippen LogP contribution in [0.2, 0.25) is 0 Å². The van der Waals surface area contributed by atoms with Gasteiger partial charge in [-0.3, -0.25) is 4.79 Å². The highest BCUT2D eigenvalue weighted by Gasteiger charge is 2.38. The van der Waals surface area contributed by atoms with Crippen molar-refractivity contribution in [1.82, 2.24) is 19.4 Å². The van der Waals surface area contributed by atoms with E-state index in [0.717, 1.165) is 16.8 Å². The van der Waals surface area contributed by atoms with Gasteiger partial charge in [-0.15, -0.1) is 0 Å². The molecule has 2 N–H and O–H groups in total. The Balaban J connectivity index is 0.000000604. The smallest absolute Gasteiger partial charge is 0.475 e. The number of anilines is 2. The van der Waals surface area contributed by atoms with Crippen LogP contribution in [-0.2, 0) is 21.3 Å². The van der Waals surface area contributed by atoms with E-state index in [2.05, 4.69) is 15.3 Å². The van der Waals surface area contributed by atoms with Crippen LogP contribution in [0.4, 0.5) is 24.8 Å². The third-order valence-corrected chi connectivity index (χ3v) is 4.90. The van der Waals surface area contributed by atoms with E-state index in [4.69, 9.17) is 19.4 Å². The van der Waals surface area contributed by atoms with E-state index in [1.807, 2.05) is 54.2 Å². The zero-order chi connectivity index (χ0) is 27.4. The van der Waals surface area contributed by atoms with Gasteiger partial charge in [0.1, 0.15) is 5.69 Å². The molecule has 37 heavy (non-hydrogen) atoms. The quantitative estimate of drug-likeness (QED) is 0.414. The maximum absolute atomic E-state index is 13.0. The number of aromatic nitrogens is 3. The molecule has 2 heterocycles. The second kappa shape index (κ2) is 13.9. The number of aliphatic carboxylic acids is 1. The van der Waals surface area contributed by atoms with Crippen LogP contribution in [0.1, 0.15) is 10.5 Å². The summed E-state index contributed by atoms with van der Waals surface area (Å²) in [5, 5.41) is 10.3. The molecule has 1 aromatic carbocycles. The molecule has 0 saturated heterocycles. The topological polar surface area (TPSA) is 119 Å². The lowest BCUT2D eigenvalue weighted by Gasteiger charge is -2.22. The van der Waals surface area contributed by atoms with Gasteiger partial charge in [0.05, 0.1) is 13.2 Å². The molecule has 0 spiro atoms. The number of ether oxygens (including phenoxy) is 2. The Labute approximate surface area is 211 Å². The number of rotatable bonds is 10. The fraction of sp³-hybridized carbons (Fsp3) is 0.333. The number of para-hydroxylation sites is 1. The molecule has 0 atom stereocenters. The average molecular weight is 524 g/mol. The summed E-state index contributed by atoms with van der Waals surface area (Å²) in [5.41, 5.74) is 3.22. The molecular formula is C24H28F3N5O5. The number of aryl methyl sites for hydroxylation is 1.